The van der Waals surface area contributed by atoms with Gasteiger partial charge in [0, 0.05) is 49.4 Å². The lowest BCUT2D eigenvalue weighted by molar-refractivity contribution is -0.0686. The van der Waals surface area contributed by atoms with Gasteiger partial charge in [-0.05, 0) is 95.6 Å². The molecule has 3 unspecified atom stereocenters. The lowest BCUT2D eigenvalue weighted by atomic mass is 9.96. The van der Waals surface area contributed by atoms with Gasteiger partial charge in [0.15, 0.2) is 0 Å². The molecule has 9 aromatic carbocycles. The molecule has 63 heavy (non-hydrogen) atoms. The second-order valence-corrected chi connectivity index (χ2v) is 16.8. The number of benzene rings is 9. The van der Waals surface area contributed by atoms with Crippen LogP contribution in [0.15, 0.2) is 218 Å². The maximum atomic E-state index is 7.67. The normalized spacial score (nSPS) is 16.1. The van der Waals surface area contributed by atoms with E-state index in [1.54, 1.807) is 0 Å². The number of fused-ring (bicyclic) bond motifs is 9. The standard InChI is InChI=1S/C57H42N6/c58-55(37-30-33-52-48(34-37)45-24-12-15-27-51(45)60(52)40-16-4-1-5-17-40)63-56(38-28-31-46-43-22-10-13-25-49(43)61(53(46)35-38)41-18-6-2-7-19-41)59-57(63)39-29-32-47-44-23-11-14-26-50(44)62(54(47)36-39)42-20-8-3-9-21-42/h1-36,55-57,59H,58H2. The number of nitrogens with one attached hydrogen (secondary N) is 1. The first-order chi connectivity index (χ1) is 31.2. The minimum absolute atomic E-state index is 0.159. The molecular formula is C57H42N6. The van der Waals surface area contributed by atoms with Gasteiger partial charge in [0.2, 0.25) is 0 Å². The Kier molecular flexibility index (Phi) is 8.08. The van der Waals surface area contributed by atoms with E-state index in [0.717, 1.165) is 39.3 Å². The van der Waals surface area contributed by atoms with Crippen molar-refractivity contribution in [3.63, 3.8) is 0 Å². The van der Waals surface area contributed by atoms with E-state index in [-0.39, 0.29) is 12.3 Å². The van der Waals surface area contributed by atoms with Gasteiger partial charge in [-0.15, -0.1) is 0 Å². The van der Waals surface area contributed by atoms with Crippen LogP contribution in [0.2, 0.25) is 0 Å². The first kappa shape index (κ1) is 36.0. The van der Waals surface area contributed by atoms with Crippen LogP contribution in [0.25, 0.3) is 82.5 Å². The maximum absolute atomic E-state index is 7.67. The van der Waals surface area contributed by atoms with Crippen molar-refractivity contribution in [3.8, 4) is 17.1 Å². The Labute approximate surface area is 364 Å². The molecule has 0 bridgehead atoms. The molecule has 300 valence electrons. The summed E-state index contributed by atoms with van der Waals surface area (Å²) in [5, 5.41) is 11.4. The van der Waals surface area contributed by atoms with Crippen LogP contribution in [0.5, 0.6) is 0 Å². The Hall–Kier alpha value is -7.74. The highest BCUT2D eigenvalue weighted by Crippen LogP contribution is 2.46. The van der Waals surface area contributed by atoms with E-state index >= 15 is 0 Å². The summed E-state index contributed by atoms with van der Waals surface area (Å²) in [6.45, 7) is 0. The van der Waals surface area contributed by atoms with Gasteiger partial charge in [0.1, 0.15) is 0 Å². The highest BCUT2D eigenvalue weighted by atomic mass is 15.5. The SMILES string of the molecule is NC(c1ccc2c(c1)c1ccccc1n2-c1ccccc1)N1C(c2ccc3c4ccccc4n(-c4ccccc4)c3c2)NC1c1ccc2c3ccccc3n(-c3ccccc3)c2c1. The molecule has 3 atom stereocenters. The van der Waals surface area contributed by atoms with Gasteiger partial charge in [0.05, 0.1) is 51.6 Å². The average Bonchev–Trinajstić information content (AvgIpc) is 3.97. The molecule has 0 spiro atoms. The first-order valence-corrected chi connectivity index (χ1v) is 21.7. The van der Waals surface area contributed by atoms with Crippen LogP contribution >= 0.6 is 0 Å². The van der Waals surface area contributed by atoms with E-state index < -0.39 is 6.17 Å². The molecule has 1 fully saturated rings. The molecule has 0 amide bonds. The lowest BCUT2D eigenvalue weighted by Crippen LogP contribution is -2.60. The van der Waals surface area contributed by atoms with Gasteiger partial charge in [-0.2, -0.15) is 0 Å². The maximum Gasteiger partial charge on any atom is 0.0907 e. The number of rotatable bonds is 7. The third-order valence-corrected chi connectivity index (χ3v) is 13.3. The molecule has 0 radical (unpaired) electrons. The Morgan fingerprint density at radius 1 is 0.333 bits per heavy atom. The number of hydrogen-bond acceptors (Lipinski definition) is 3. The topological polar surface area (TPSA) is 56.1 Å². The molecule has 1 aliphatic heterocycles. The largest absolute Gasteiger partial charge is 0.312 e. The molecule has 3 aromatic heterocycles. The quantitative estimate of drug-likeness (QED) is 0.169. The van der Waals surface area contributed by atoms with E-state index in [9.17, 15) is 0 Å². The van der Waals surface area contributed by atoms with Gasteiger partial charge in [0.25, 0.3) is 0 Å². The fourth-order valence-corrected chi connectivity index (χ4v) is 10.5. The van der Waals surface area contributed by atoms with Gasteiger partial charge in [-0.3, -0.25) is 5.32 Å². The van der Waals surface area contributed by atoms with E-state index in [2.05, 4.69) is 242 Å². The van der Waals surface area contributed by atoms with Gasteiger partial charge in [-0.1, -0.05) is 140 Å². The molecule has 0 saturated carbocycles. The van der Waals surface area contributed by atoms with Crippen molar-refractivity contribution in [2.75, 3.05) is 0 Å². The van der Waals surface area contributed by atoms with Crippen LogP contribution in [0.3, 0.4) is 0 Å². The summed E-state index contributed by atoms with van der Waals surface area (Å²) >= 11 is 0. The second kappa shape index (κ2) is 14.2. The van der Waals surface area contributed by atoms with E-state index in [4.69, 9.17) is 5.73 Å². The Morgan fingerprint density at radius 2 is 0.698 bits per heavy atom. The van der Waals surface area contributed by atoms with E-state index in [0.29, 0.717) is 0 Å². The summed E-state index contributed by atoms with van der Waals surface area (Å²) in [6.07, 6.45) is -0.752. The molecule has 6 nitrogen and oxygen atoms in total. The molecule has 4 heterocycles. The zero-order valence-electron chi connectivity index (χ0n) is 34.4. The van der Waals surface area contributed by atoms with Crippen LogP contribution in [0.1, 0.15) is 35.2 Å². The number of nitrogens with zero attached hydrogens (tertiary/aromatic N) is 4. The van der Waals surface area contributed by atoms with Crippen molar-refractivity contribution < 1.29 is 0 Å². The fraction of sp³-hybridized carbons (Fsp3) is 0.0526. The molecule has 1 aliphatic rings. The molecule has 13 rings (SSSR count). The van der Waals surface area contributed by atoms with Crippen LogP contribution < -0.4 is 11.1 Å². The zero-order valence-corrected chi connectivity index (χ0v) is 34.4. The number of aromatic nitrogens is 3. The Morgan fingerprint density at radius 3 is 1.16 bits per heavy atom. The number of nitrogens with two attached hydrogens (primary N) is 1. The fourth-order valence-electron chi connectivity index (χ4n) is 10.5. The number of para-hydroxylation sites is 6. The average molecular weight is 811 g/mol. The molecule has 0 aliphatic carbocycles. The van der Waals surface area contributed by atoms with E-state index in [1.165, 1.54) is 59.9 Å². The summed E-state index contributed by atoms with van der Waals surface area (Å²) in [5.41, 5.74) is 21.5. The molecular weight excluding hydrogens is 769 g/mol. The van der Waals surface area contributed by atoms with Crippen molar-refractivity contribution in [3.05, 3.63) is 235 Å². The Bertz CT molecular complexity index is 3530. The summed E-state index contributed by atoms with van der Waals surface area (Å²) in [7, 11) is 0. The van der Waals surface area contributed by atoms with Crippen molar-refractivity contribution in [2.24, 2.45) is 5.73 Å². The van der Waals surface area contributed by atoms with Gasteiger partial charge >= 0.3 is 0 Å². The highest BCUT2D eigenvalue weighted by Gasteiger charge is 2.44. The van der Waals surface area contributed by atoms with Crippen molar-refractivity contribution >= 4 is 65.4 Å². The second-order valence-electron chi connectivity index (χ2n) is 16.8. The third kappa shape index (κ3) is 5.49. The predicted molar refractivity (Wildman–Crippen MR) is 260 cm³/mol. The first-order valence-electron chi connectivity index (χ1n) is 21.7. The summed E-state index contributed by atoms with van der Waals surface area (Å²) in [6, 6.07) is 78.8. The molecule has 1 saturated heterocycles. The van der Waals surface area contributed by atoms with Crippen molar-refractivity contribution in [1.29, 1.82) is 0 Å². The van der Waals surface area contributed by atoms with Gasteiger partial charge < -0.3 is 19.4 Å². The minimum Gasteiger partial charge on any atom is -0.312 e. The monoisotopic (exact) mass is 810 g/mol. The smallest absolute Gasteiger partial charge is 0.0907 e. The lowest BCUT2D eigenvalue weighted by Gasteiger charge is -2.53. The summed E-state index contributed by atoms with van der Waals surface area (Å²) in [4.78, 5) is 2.46. The van der Waals surface area contributed by atoms with Crippen LogP contribution in [-0.2, 0) is 0 Å². The van der Waals surface area contributed by atoms with Crippen LogP contribution in [0.4, 0.5) is 0 Å². The third-order valence-electron chi connectivity index (χ3n) is 13.3. The summed E-state index contributed by atoms with van der Waals surface area (Å²) in [5.74, 6) is 0. The molecule has 12 aromatic rings. The minimum atomic E-state index is -0.434. The summed E-state index contributed by atoms with van der Waals surface area (Å²) < 4.78 is 7.14. The van der Waals surface area contributed by atoms with Crippen LogP contribution in [-0.4, -0.2) is 18.6 Å². The molecule has 3 N–H and O–H groups in total. The van der Waals surface area contributed by atoms with Gasteiger partial charge in [-0.25, -0.2) is 4.90 Å². The zero-order chi connectivity index (χ0) is 41.6. The van der Waals surface area contributed by atoms with Crippen molar-refractivity contribution in [1.82, 2.24) is 23.9 Å². The van der Waals surface area contributed by atoms with Crippen molar-refractivity contribution in [2.45, 2.75) is 18.5 Å². The Balaban J connectivity index is 0.984. The van der Waals surface area contributed by atoms with Crippen LogP contribution in [0, 0.1) is 0 Å². The predicted octanol–water partition coefficient (Wildman–Crippen LogP) is 13.2. The van der Waals surface area contributed by atoms with E-state index in [1.807, 2.05) is 0 Å². The molecule has 6 heteroatoms. The highest BCUT2D eigenvalue weighted by molar-refractivity contribution is 6.11. The number of hydrogen-bond donors (Lipinski definition) is 2.